The van der Waals surface area contributed by atoms with Gasteiger partial charge in [-0.1, -0.05) is 35.5 Å². The minimum Gasteiger partial charge on any atom is -0.393 e. The van der Waals surface area contributed by atoms with Crippen LogP contribution in [0.15, 0.2) is 35.5 Å². The van der Waals surface area contributed by atoms with Crippen LogP contribution in [0.2, 0.25) is 0 Å². The third-order valence-corrected chi connectivity index (χ3v) is 1.59. The van der Waals surface area contributed by atoms with Gasteiger partial charge in [-0.25, -0.2) is 4.39 Å². The molecule has 4 heteroatoms. The molecule has 0 fully saturated rings. The molecule has 0 aliphatic carbocycles. The SMILES string of the molecule is NCC(F)CON=Cc1ccccc1. The number of halogens is 1. The summed E-state index contributed by atoms with van der Waals surface area (Å²) in [6, 6.07) is 9.44. The molecule has 0 saturated heterocycles. The van der Waals surface area contributed by atoms with E-state index in [0.29, 0.717) is 0 Å². The molecule has 0 aliphatic rings. The highest BCUT2D eigenvalue weighted by Gasteiger charge is 2.01. The maximum Gasteiger partial charge on any atom is 0.149 e. The Morgan fingerprint density at radius 1 is 1.43 bits per heavy atom. The average Bonchev–Trinajstić information content (AvgIpc) is 2.25. The van der Waals surface area contributed by atoms with E-state index < -0.39 is 6.17 Å². The van der Waals surface area contributed by atoms with E-state index in [0.717, 1.165) is 5.56 Å². The molecular weight excluding hydrogens is 183 g/mol. The van der Waals surface area contributed by atoms with E-state index in [9.17, 15) is 4.39 Å². The zero-order chi connectivity index (χ0) is 10.2. The van der Waals surface area contributed by atoms with Crippen molar-refractivity contribution in [1.82, 2.24) is 0 Å². The largest absolute Gasteiger partial charge is 0.393 e. The van der Waals surface area contributed by atoms with Gasteiger partial charge in [0.25, 0.3) is 0 Å². The summed E-state index contributed by atoms with van der Waals surface area (Å²) >= 11 is 0. The fourth-order valence-corrected chi connectivity index (χ4v) is 0.829. The summed E-state index contributed by atoms with van der Waals surface area (Å²) in [5.41, 5.74) is 5.97. The summed E-state index contributed by atoms with van der Waals surface area (Å²) < 4.78 is 12.5. The number of benzene rings is 1. The first kappa shape index (κ1) is 10.7. The zero-order valence-corrected chi connectivity index (χ0v) is 7.77. The van der Waals surface area contributed by atoms with Crippen molar-refractivity contribution < 1.29 is 9.23 Å². The Balaban J connectivity index is 2.28. The minimum atomic E-state index is -1.15. The second kappa shape index (κ2) is 6.10. The number of rotatable bonds is 5. The lowest BCUT2D eigenvalue weighted by Crippen LogP contribution is -2.19. The molecule has 76 valence electrons. The Kier molecular flexibility index (Phi) is 4.64. The van der Waals surface area contributed by atoms with E-state index in [1.54, 1.807) is 0 Å². The average molecular weight is 196 g/mol. The van der Waals surface area contributed by atoms with Crippen LogP contribution in [0, 0.1) is 0 Å². The molecule has 1 atom stereocenters. The van der Waals surface area contributed by atoms with Crippen LogP contribution in [-0.4, -0.2) is 25.5 Å². The van der Waals surface area contributed by atoms with E-state index in [1.165, 1.54) is 6.21 Å². The molecule has 0 saturated carbocycles. The maximum absolute atomic E-state index is 12.5. The number of hydrogen-bond acceptors (Lipinski definition) is 3. The molecule has 0 heterocycles. The third kappa shape index (κ3) is 4.00. The Morgan fingerprint density at radius 2 is 2.14 bits per heavy atom. The number of nitrogens with zero attached hydrogens (tertiary/aromatic N) is 1. The van der Waals surface area contributed by atoms with Crippen molar-refractivity contribution in [3.63, 3.8) is 0 Å². The van der Waals surface area contributed by atoms with Crippen molar-refractivity contribution in [3.8, 4) is 0 Å². The smallest absolute Gasteiger partial charge is 0.149 e. The quantitative estimate of drug-likeness (QED) is 0.570. The van der Waals surface area contributed by atoms with E-state index in [4.69, 9.17) is 10.6 Å². The monoisotopic (exact) mass is 196 g/mol. The maximum atomic E-state index is 12.5. The highest BCUT2D eigenvalue weighted by atomic mass is 19.1. The van der Waals surface area contributed by atoms with Crippen molar-refractivity contribution in [2.75, 3.05) is 13.2 Å². The Labute approximate surface area is 82.4 Å². The summed E-state index contributed by atoms with van der Waals surface area (Å²) in [5.74, 6) is 0. The predicted molar refractivity (Wildman–Crippen MR) is 53.9 cm³/mol. The first-order valence-electron chi connectivity index (χ1n) is 4.37. The van der Waals surface area contributed by atoms with E-state index in [-0.39, 0.29) is 13.2 Å². The van der Waals surface area contributed by atoms with E-state index in [2.05, 4.69) is 5.16 Å². The number of nitrogens with two attached hydrogens (primary N) is 1. The van der Waals surface area contributed by atoms with Gasteiger partial charge >= 0.3 is 0 Å². The number of alkyl halides is 1. The van der Waals surface area contributed by atoms with Crippen molar-refractivity contribution in [3.05, 3.63) is 35.9 Å². The van der Waals surface area contributed by atoms with Crippen LogP contribution >= 0.6 is 0 Å². The second-order valence-corrected chi connectivity index (χ2v) is 2.77. The van der Waals surface area contributed by atoms with Crippen molar-refractivity contribution in [2.45, 2.75) is 6.17 Å². The number of hydrogen-bond donors (Lipinski definition) is 1. The topological polar surface area (TPSA) is 47.6 Å². The number of oxime groups is 1. The Morgan fingerprint density at radius 3 is 2.79 bits per heavy atom. The van der Waals surface area contributed by atoms with Gasteiger partial charge in [0.05, 0.1) is 6.21 Å². The van der Waals surface area contributed by atoms with Gasteiger partial charge < -0.3 is 10.6 Å². The lowest BCUT2D eigenvalue weighted by molar-refractivity contribution is 0.0910. The van der Waals surface area contributed by atoms with Gasteiger partial charge in [-0.2, -0.15) is 0 Å². The zero-order valence-electron chi connectivity index (χ0n) is 7.77. The van der Waals surface area contributed by atoms with Gasteiger partial charge in [0.2, 0.25) is 0 Å². The molecule has 14 heavy (non-hydrogen) atoms. The molecule has 2 N–H and O–H groups in total. The summed E-state index contributed by atoms with van der Waals surface area (Å²) in [6.07, 6.45) is 0.381. The van der Waals surface area contributed by atoms with Crippen LogP contribution in [-0.2, 0) is 4.84 Å². The molecule has 0 amide bonds. The highest BCUT2D eigenvalue weighted by molar-refractivity contribution is 5.78. The predicted octanol–water partition coefficient (Wildman–Crippen LogP) is 1.33. The Bertz CT molecular complexity index is 277. The molecule has 1 unspecified atom stereocenters. The molecule has 0 spiro atoms. The lowest BCUT2D eigenvalue weighted by Gasteiger charge is -2.01. The molecule has 1 aromatic carbocycles. The molecule has 0 radical (unpaired) electrons. The first-order valence-corrected chi connectivity index (χ1v) is 4.37. The molecule has 0 bridgehead atoms. The second-order valence-electron chi connectivity index (χ2n) is 2.77. The van der Waals surface area contributed by atoms with Gasteiger partial charge in [0, 0.05) is 6.54 Å². The van der Waals surface area contributed by atoms with Crippen LogP contribution in [0.4, 0.5) is 4.39 Å². The molecular formula is C10H13FN2O. The van der Waals surface area contributed by atoms with Crippen LogP contribution in [0.5, 0.6) is 0 Å². The molecule has 1 aromatic rings. The van der Waals surface area contributed by atoms with Crippen LogP contribution in [0.25, 0.3) is 0 Å². The molecule has 3 nitrogen and oxygen atoms in total. The minimum absolute atomic E-state index is 0.0408. The van der Waals surface area contributed by atoms with Crippen molar-refractivity contribution >= 4 is 6.21 Å². The normalized spacial score (nSPS) is 13.0. The van der Waals surface area contributed by atoms with E-state index >= 15 is 0 Å². The van der Waals surface area contributed by atoms with Crippen LogP contribution in [0.3, 0.4) is 0 Å². The Hall–Kier alpha value is -1.42. The molecule has 0 aliphatic heterocycles. The summed E-state index contributed by atoms with van der Waals surface area (Å²) in [5, 5.41) is 3.61. The summed E-state index contributed by atoms with van der Waals surface area (Å²) in [4.78, 5) is 4.70. The highest BCUT2D eigenvalue weighted by Crippen LogP contribution is 1.95. The fourth-order valence-electron chi connectivity index (χ4n) is 0.829. The van der Waals surface area contributed by atoms with Crippen molar-refractivity contribution in [2.24, 2.45) is 10.9 Å². The van der Waals surface area contributed by atoms with Crippen molar-refractivity contribution in [1.29, 1.82) is 0 Å². The molecule has 1 rings (SSSR count). The first-order chi connectivity index (χ1) is 6.83. The van der Waals surface area contributed by atoms with Gasteiger partial charge in [-0.3, -0.25) is 0 Å². The summed E-state index contributed by atoms with van der Waals surface area (Å²) in [6.45, 7) is -0.138. The van der Waals surface area contributed by atoms with Gasteiger partial charge in [0.15, 0.2) is 0 Å². The van der Waals surface area contributed by atoms with Crippen LogP contribution < -0.4 is 5.73 Å². The lowest BCUT2D eigenvalue weighted by atomic mass is 10.2. The molecule has 0 aromatic heterocycles. The van der Waals surface area contributed by atoms with Gasteiger partial charge in [-0.05, 0) is 5.56 Å². The summed E-state index contributed by atoms with van der Waals surface area (Å²) in [7, 11) is 0. The fraction of sp³-hybridized carbons (Fsp3) is 0.300. The van der Waals surface area contributed by atoms with E-state index in [1.807, 2.05) is 30.3 Å². The third-order valence-electron chi connectivity index (χ3n) is 1.59. The van der Waals surface area contributed by atoms with Crippen LogP contribution in [0.1, 0.15) is 5.56 Å². The van der Waals surface area contributed by atoms with Gasteiger partial charge in [0.1, 0.15) is 12.8 Å². The van der Waals surface area contributed by atoms with Gasteiger partial charge in [-0.15, -0.1) is 0 Å². The standard InChI is InChI=1S/C10H13FN2O/c11-10(6-12)8-14-13-7-9-4-2-1-3-5-9/h1-5,7,10H,6,8,12H2.